The van der Waals surface area contributed by atoms with Gasteiger partial charge in [-0.1, -0.05) is 18.2 Å². The summed E-state index contributed by atoms with van der Waals surface area (Å²) in [6.07, 6.45) is 0.399. The minimum atomic E-state index is 0.139. The van der Waals surface area contributed by atoms with E-state index in [1.165, 1.54) is 0 Å². The second kappa shape index (κ2) is 7.27. The highest BCUT2D eigenvalue weighted by molar-refractivity contribution is 5.79. The summed E-state index contributed by atoms with van der Waals surface area (Å²) in [5.41, 5.74) is 4.01. The average Bonchev–Trinajstić information content (AvgIpc) is 2.94. The number of para-hydroxylation sites is 1. The number of aryl methyl sites for hydroxylation is 2. The van der Waals surface area contributed by atoms with Gasteiger partial charge in [0.2, 0.25) is 5.91 Å². The van der Waals surface area contributed by atoms with Gasteiger partial charge in [-0.25, -0.2) is 0 Å². The molecule has 0 aliphatic carbocycles. The molecule has 1 saturated heterocycles. The van der Waals surface area contributed by atoms with E-state index in [-0.39, 0.29) is 11.9 Å². The molecule has 1 atom stereocenters. The van der Waals surface area contributed by atoms with Crippen LogP contribution in [-0.2, 0) is 11.2 Å². The Bertz CT molecular complexity index is 736. The Hall–Kier alpha value is -2.34. The molecule has 3 rings (SSSR count). The van der Waals surface area contributed by atoms with Gasteiger partial charge in [0.25, 0.3) is 0 Å². The van der Waals surface area contributed by atoms with Crippen molar-refractivity contribution in [2.24, 2.45) is 0 Å². The Morgan fingerprint density at radius 1 is 1.32 bits per heavy atom. The molecule has 0 spiro atoms. The van der Waals surface area contributed by atoms with Crippen LogP contribution in [0.15, 0.2) is 24.3 Å². The molecule has 1 unspecified atom stereocenters. The third-order valence-electron chi connectivity index (χ3n) is 5.11. The molecule has 134 valence electrons. The van der Waals surface area contributed by atoms with Crippen molar-refractivity contribution in [3.05, 3.63) is 46.8 Å². The molecule has 1 aromatic carbocycles. The molecule has 2 heterocycles. The number of piperazine rings is 1. The first-order chi connectivity index (χ1) is 12.0. The lowest BCUT2D eigenvalue weighted by Gasteiger charge is -2.40. The lowest BCUT2D eigenvalue weighted by atomic mass is 10.0. The quantitative estimate of drug-likeness (QED) is 0.924. The van der Waals surface area contributed by atoms with E-state index < -0.39 is 0 Å². The topological polar surface area (TPSA) is 61.5 Å². The standard InChI is InChI=1S/C19H26N4O2/c1-13-16(14(2)21-20-13)11-19(24)23-10-9-22(3)17(12-23)15-7-5-6-8-18(15)25-4/h5-8,17H,9-12H2,1-4H3,(H,20,21). The van der Waals surface area contributed by atoms with Gasteiger partial charge < -0.3 is 9.64 Å². The predicted octanol–water partition coefficient (Wildman–Crippen LogP) is 2.09. The van der Waals surface area contributed by atoms with E-state index >= 15 is 0 Å². The average molecular weight is 342 g/mol. The summed E-state index contributed by atoms with van der Waals surface area (Å²) in [5, 5.41) is 7.15. The number of nitrogens with one attached hydrogen (secondary N) is 1. The van der Waals surface area contributed by atoms with E-state index in [9.17, 15) is 4.79 Å². The number of hydrogen-bond acceptors (Lipinski definition) is 4. The Labute approximate surface area is 148 Å². The van der Waals surface area contributed by atoms with Crippen molar-refractivity contribution in [3.8, 4) is 5.75 Å². The Morgan fingerprint density at radius 3 is 2.76 bits per heavy atom. The molecule has 1 aliphatic rings. The van der Waals surface area contributed by atoms with Crippen LogP contribution in [0.4, 0.5) is 0 Å². The minimum Gasteiger partial charge on any atom is -0.496 e. The van der Waals surface area contributed by atoms with Crippen LogP contribution in [0, 0.1) is 13.8 Å². The third kappa shape index (κ3) is 3.54. The molecule has 1 amide bonds. The highest BCUT2D eigenvalue weighted by atomic mass is 16.5. The normalized spacial score (nSPS) is 18.4. The molecule has 1 aromatic heterocycles. The van der Waals surface area contributed by atoms with Crippen molar-refractivity contribution in [1.82, 2.24) is 20.0 Å². The van der Waals surface area contributed by atoms with E-state index in [1.807, 2.05) is 36.9 Å². The van der Waals surface area contributed by atoms with Crippen LogP contribution >= 0.6 is 0 Å². The molecule has 1 fully saturated rings. The van der Waals surface area contributed by atoms with Crippen molar-refractivity contribution in [2.75, 3.05) is 33.8 Å². The summed E-state index contributed by atoms with van der Waals surface area (Å²) in [6, 6.07) is 8.18. The van der Waals surface area contributed by atoms with Gasteiger partial charge in [0, 0.05) is 36.5 Å². The molecule has 6 nitrogen and oxygen atoms in total. The van der Waals surface area contributed by atoms with Gasteiger partial charge in [-0.2, -0.15) is 5.10 Å². The summed E-state index contributed by atoms with van der Waals surface area (Å²) in [5.74, 6) is 1.02. The number of carbonyl (C=O) groups is 1. The lowest BCUT2D eigenvalue weighted by Crippen LogP contribution is -2.49. The number of benzene rings is 1. The zero-order valence-corrected chi connectivity index (χ0v) is 15.4. The molecule has 2 aromatic rings. The van der Waals surface area contributed by atoms with E-state index in [1.54, 1.807) is 7.11 Å². The smallest absolute Gasteiger partial charge is 0.227 e. The highest BCUT2D eigenvalue weighted by Gasteiger charge is 2.30. The molecule has 0 radical (unpaired) electrons. The molecule has 25 heavy (non-hydrogen) atoms. The molecule has 0 bridgehead atoms. The monoisotopic (exact) mass is 342 g/mol. The number of rotatable bonds is 4. The number of aromatic nitrogens is 2. The van der Waals surface area contributed by atoms with E-state index in [0.717, 1.165) is 41.4 Å². The number of methoxy groups -OCH3 is 1. The summed E-state index contributed by atoms with van der Waals surface area (Å²) >= 11 is 0. The summed E-state index contributed by atoms with van der Waals surface area (Å²) in [4.78, 5) is 17.1. The van der Waals surface area contributed by atoms with Crippen LogP contribution in [0.25, 0.3) is 0 Å². The van der Waals surface area contributed by atoms with Crippen molar-refractivity contribution >= 4 is 5.91 Å². The number of ether oxygens (including phenoxy) is 1. The van der Waals surface area contributed by atoms with Gasteiger partial charge in [0.15, 0.2) is 0 Å². The van der Waals surface area contributed by atoms with Gasteiger partial charge in [-0.05, 0) is 27.0 Å². The first-order valence-electron chi connectivity index (χ1n) is 8.62. The van der Waals surface area contributed by atoms with Gasteiger partial charge in [0.1, 0.15) is 5.75 Å². The van der Waals surface area contributed by atoms with Crippen LogP contribution in [0.2, 0.25) is 0 Å². The molecule has 1 N–H and O–H groups in total. The largest absolute Gasteiger partial charge is 0.496 e. The Morgan fingerprint density at radius 2 is 2.08 bits per heavy atom. The lowest BCUT2D eigenvalue weighted by molar-refractivity contribution is -0.133. The van der Waals surface area contributed by atoms with Crippen molar-refractivity contribution in [2.45, 2.75) is 26.3 Å². The van der Waals surface area contributed by atoms with Gasteiger partial charge in [-0.15, -0.1) is 0 Å². The van der Waals surface area contributed by atoms with E-state index in [2.05, 4.69) is 28.2 Å². The predicted molar refractivity (Wildman–Crippen MR) is 96.7 cm³/mol. The maximum atomic E-state index is 12.8. The molecular weight excluding hydrogens is 316 g/mol. The third-order valence-corrected chi connectivity index (χ3v) is 5.11. The zero-order valence-electron chi connectivity index (χ0n) is 15.4. The number of carbonyl (C=O) groups excluding carboxylic acids is 1. The van der Waals surface area contributed by atoms with Crippen molar-refractivity contribution < 1.29 is 9.53 Å². The number of aromatic amines is 1. The maximum absolute atomic E-state index is 12.8. The van der Waals surface area contributed by atoms with E-state index in [4.69, 9.17) is 4.74 Å². The van der Waals surface area contributed by atoms with Crippen LogP contribution < -0.4 is 4.74 Å². The molecule has 0 saturated carbocycles. The van der Waals surface area contributed by atoms with Gasteiger partial charge >= 0.3 is 0 Å². The van der Waals surface area contributed by atoms with Gasteiger partial charge in [-0.3, -0.25) is 14.8 Å². The maximum Gasteiger partial charge on any atom is 0.227 e. The Balaban J connectivity index is 1.77. The number of nitrogens with zero attached hydrogens (tertiary/aromatic N) is 3. The first kappa shape index (κ1) is 17.5. The fourth-order valence-electron chi connectivity index (χ4n) is 3.48. The fourth-order valence-corrected chi connectivity index (χ4v) is 3.48. The highest BCUT2D eigenvalue weighted by Crippen LogP contribution is 2.31. The summed E-state index contributed by atoms with van der Waals surface area (Å²) in [7, 11) is 3.79. The summed E-state index contributed by atoms with van der Waals surface area (Å²) < 4.78 is 5.52. The second-order valence-electron chi connectivity index (χ2n) is 6.67. The fraction of sp³-hybridized carbons (Fsp3) is 0.474. The number of likely N-dealkylation sites (N-methyl/N-ethyl adjacent to an activating group) is 1. The minimum absolute atomic E-state index is 0.139. The summed E-state index contributed by atoms with van der Waals surface area (Å²) in [6.45, 7) is 6.17. The van der Waals surface area contributed by atoms with Crippen molar-refractivity contribution in [3.63, 3.8) is 0 Å². The van der Waals surface area contributed by atoms with Crippen LogP contribution in [-0.4, -0.2) is 59.7 Å². The van der Waals surface area contributed by atoms with Crippen LogP contribution in [0.5, 0.6) is 5.75 Å². The number of amides is 1. The molecule has 1 aliphatic heterocycles. The Kier molecular flexibility index (Phi) is 5.08. The molecular formula is C19H26N4O2. The van der Waals surface area contributed by atoms with E-state index in [0.29, 0.717) is 13.0 Å². The SMILES string of the molecule is COc1ccccc1C1CN(C(=O)Cc2c(C)n[nH]c2C)CCN1C. The first-order valence-corrected chi connectivity index (χ1v) is 8.62. The van der Waals surface area contributed by atoms with Gasteiger partial charge in [0.05, 0.1) is 25.3 Å². The second-order valence-corrected chi connectivity index (χ2v) is 6.67. The van der Waals surface area contributed by atoms with Crippen molar-refractivity contribution in [1.29, 1.82) is 0 Å². The zero-order chi connectivity index (χ0) is 18.0. The number of H-pyrrole nitrogens is 1. The number of hydrogen-bond donors (Lipinski definition) is 1. The van der Waals surface area contributed by atoms with Crippen LogP contribution in [0.3, 0.4) is 0 Å². The van der Waals surface area contributed by atoms with Crippen LogP contribution in [0.1, 0.15) is 28.6 Å². The molecule has 6 heteroatoms.